The zero-order valence-corrected chi connectivity index (χ0v) is 20.4. The lowest BCUT2D eigenvalue weighted by Gasteiger charge is -2.26. The highest BCUT2D eigenvalue weighted by molar-refractivity contribution is 5.93. The summed E-state index contributed by atoms with van der Waals surface area (Å²) in [4.78, 5) is 38.7. The molecule has 1 saturated heterocycles. The molecule has 0 radical (unpaired) electrons. The molecule has 206 valence electrons. The minimum Gasteiger partial charge on any atom is -0.378 e. The third-order valence-corrected chi connectivity index (χ3v) is 5.75. The summed E-state index contributed by atoms with van der Waals surface area (Å²) in [5.41, 5.74) is -1.27. The van der Waals surface area contributed by atoms with Crippen LogP contribution in [0.4, 0.5) is 27.8 Å². The first-order valence-electron chi connectivity index (χ1n) is 11.8. The number of benzene rings is 1. The number of ether oxygens (including phenoxy) is 1. The van der Waals surface area contributed by atoms with Gasteiger partial charge in [-0.25, -0.2) is 18.7 Å². The molecule has 0 saturated carbocycles. The number of carbonyl (C=O) groups is 2. The Morgan fingerprint density at radius 2 is 1.79 bits per heavy atom. The molecule has 1 fully saturated rings. The van der Waals surface area contributed by atoms with Gasteiger partial charge in [0.05, 0.1) is 18.8 Å². The standard InChI is InChI=1S/C25H23F5N6O3/c26-18-2-1-15(19(27)10-18)13-33-21-11-20(24(38)32-4-3-22(37)36-5-7-39-8-6-36)34-23(35-21)16-9-17(14-31-12-16)25(28,29)30/h1-2,9-12,14H,3-8,13H2,(H,32,38)(H,33,34,35). The van der Waals surface area contributed by atoms with Crippen LogP contribution in [0, 0.1) is 11.6 Å². The van der Waals surface area contributed by atoms with Gasteiger partial charge in [-0.2, -0.15) is 13.2 Å². The molecule has 14 heteroatoms. The number of halogens is 5. The maximum Gasteiger partial charge on any atom is 0.417 e. The Bertz CT molecular complexity index is 1350. The van der Waals surface area contributed by atoms with Crippen molar-refractivity contribution in [2.75, 3.05) is 38.2 Å². The summed E-state index contributed by atoms with van der Waals surface area (Å²) >= 11 is 0. The number of hydrogen-bond donors (Lipinski definition) is 2. The van der Waals surface area contributed by atoms with Gasteiger partial charge in [-0.05, 0) is 12.1 Å². The smallest absolute Gasteiger partial charge is 0.378 e. The topological polar surface area (TPSA) is 109 Å². The van der Waals surface area contributed by atoms with Crippen LogP contribution in [0.15, 0.2) is 42.7 Å². The Morgan fingerprint density at radius 3 is 2.51 bits per heavy atom. The highest BCUT2D eigenvalue weighted by Gasteiger charge is 2.31. The van der Waals surface area contributed by atoms with Gasteiger partial charge in [-0.3, -0.25) is 14.6 Å². The molecule has 1 aliphatic rings. The highest BCUT2D eigenvalue weighted by Crippen LogP contribution is 2.31. The van der Waals surface area contributed by atoms with Crippen LogP contribution in [-0.4, -0.2) is 64.5 Å². The van der Waals surface area contributed by atoms with Gasteiger partial charge >= 0.3 is 6.18 Å². The van der Waals surface area contributed by atoms with Crippen molar-refractivity contribution in [2.24, 2.45) is 0 Å². The lowest BCUT2D eigenvalue weighted by atomic mass is 10.2. The summed E-state index contributed by atoms with van der Waals surface area (Å²) in [7, 11) is 0. The van der Waals surface area contributed by atoms with E-state index >= 15 is 0 Å². The molecule has 0 aliphatic carbocycles. The van der Waals surface area contributed by atoms with Gasteiger partial charge in [0.2, 0.25) is 5.91 Å². The van der Waals surface area contributed by atoms with Crippen LogP contribution in [-0.2, 0) is 22.3 Å². The van der Waals surface area contributed by atoms with E-state index in [9.17, 15) is 31.5 Å². The predicted molar refractivity (Wildman–Crippen MR) is 128 cm³/mol. The number of amides is 2. The monoisotopic (exact) mass is 550 g/mol. The van der Waals surface area contributed by atoms with E-state index < -0.39 is 29.3 Å². The van der Waals surface area contributed by atoms with Gasteiger partial charge in [0.15, 0.2) is 5.82 Å². The van der Waals surface area contributed by atoms with E-state index in [1.54, 1.807) is 4.90 Å². The molecule has 0 spiro atoms. The zero-order chi connectivity index (χ0) is 28.0. The number of morpholine rings is 1. The van der Waals surface area contributed by atoms with Crippen molar-refractivity contribution < 1.29 is 36.3 Å². The van der Waals surface area contributed by atoms with Crippen molar-refractivity contribution in [3.8, 4) is 11.4 Å². The number of aromatic nitrogens is 3. The van der Waals surface area contributed by atoms with Crippen LogP contribution in [0.3, 0.4) is 0 Å². The second-order valence-corrected chi connectivity index (χ2v) is 8.51. The van der Waals surface area contributed by atoms with E-state index in [2.05, 4.69) is 25.6 Å². The molecule has 3 heterocycles. The number of alkyl halides is 3. The molecule has 2 N–H and O–H groups in total. The van der Waals surface area contributed by atoms with Crippen LogP contribution >= 0.6 is 0 Å². The minimum atomic E-state index is -4.67. The summed E-state index contributed by atoms with van der Waals surface area (Å²) in [6.45, 7) is 1.60. The number of rotatable bonds is 8. The number of nitrogens with zero attached hydrogens (tertiary/aromatic N) is 4. The van der Waals surface area contributed by atoms with Crippen molar-refractivity contribution in [1.29, 1.82) is 0 Å². The van der Waals surface area contributed by atoms with Crippen LogP contribution in [0.25, 0.3) is 11.4 Å². The van der Waals surface area contributed by atoms with Crippen molar-refractivity contribution in [2.45, 2.75) is 19.1 Å². The highest BCUT2D eigenvalue weighted by atomic mass is 19.4. The van der Waals surface area contributed by atoms with Gasteiger partial charge in [0.1, 0.15) is 23.1 Å². The first-order chi connectivity index (χ1) is 18.6. The Balaban J connectivity index is 1.55. The van der Waals surface area contributed by atoms with Gasteiger partial charge in [0, 0.05) is 68.3 Å². The maximum atomic E-state index is 14.1. The fourth-order valence-electron chi connectivity index (χ4n) is 3.70. The molecular formula is C25H23F5N6O3. The van der Waals surface area contributed by atoms with Gasteiger partial charge < -0.3 is 20.3 Å². The normalized spacial score (nSPS) is 13.7. The van der Waals surface area contributed by atoms with Gasteiger partial charge in [0.25, 0.3) is 5.91 Å². The summed E-state index contributed by atoms with van der Waals surface area (Å²) in [5, 5.41) is 5.35. The number of nitrogens with one attached hydrogen (secondary N) is 2. The summed E-state index contributed by atoms with van der Waals surface area (Å²) in [6.07, 6.45) is -2.90. The molecule has 0 unspecified atom stereocenters. The number of pyridine rings is 1. The van der Waals surface area contributed by atoms with Gasteiger partial charge in [-0.1, -0.05) is 6.07 Å². The van der Waals surface area contributed by atoms with E-state index in [4.69, 9.17) is 4.74 Å². The van der Waals surface area contributed by atoms with Crippen LogP contribution in [0.2, 0.25) is 0 Å². The lowest BCUT2D eigenvalue weighted by Crippen LogP contribution is -2.42. The minimum absolute atomic E-state index is 0.00400. The average Bonchev–Trinajstić information content (AvgIpc) is 2.92. The molecule has 9 nitrogen and oxygen atoms in total. The second-order valence-electron chi connectivity index (χ2n) is 8.51. The summed E-state index contributed by atoms with van der Waals surface area (Å²) in [5.74, 6) is -2.70. The molecular weight excluding hydrogens is 527 g/mol. The number of carbonyl (C=O) groups excluding carboxylic acids is 2. The van der Waals surface area contributed by atoms with Crippen molar-refractivity contribution in [3.05, 3.63) is 71.2 Å². The second kappa shape index (κ2) is 12.1. The van der Waals surface area contributed by atoms with Crippen LogP contribution in [0.1, 0.15) is 28.0 Å². The molecule has 2 amide bonds. The fraction of sp³-hybridized carbons (Fsp3) is 0.320. The van der Waals surface area contributed by atoms with Crippen molar-refractivity contribution in [3.63, 3.8) is 0 Å². The van der Waals surface area contributed by atoms with E-state index in [0.717, 1.165) is 18.3 Å². The van der Waals surface area contributed by atoms with Crippen molar-refractivity contribution >= 4 is 17.6 Å². The molecule has 4 rings (SSSR count). The van der Waals surface area contributed by atoms with Crippen molar-refractivity contribution in [1.82, 2.24) is 25.2 Å². The zero-order valence-electron chi connectivity index (χ0n) is 20.4. The number of anilines is 1. The fourth-order valence-corrected chi connectivity index (χ4v) is 3.70. The Labute approximate surface area is 219 Å². The third-order valence-electron chi connectivity index (χ3n) is 5.75. The first kappa shape index (κ1) is 27.8. The SMILES string of the molecule is O=C(NCCC(=O)N1CCOCC1)c1cc(NCc2ccc(F)cc2F)nc(-c2cncc(C(F)(F)F)c2)n1. The molecule has 1 aromatic carbocycles. The molecule has 39 heavy (non-hydrogen) atoms. The Kier molecular flexibility index (Phi) is 8.64. The number of hydrogen-bond acceptors (Lipinski definition) is 7. The quantitative estimate of drug-likeness (QED) is 0.414. The average molecular weight is 550 g/mol. The predicted octanol–water partition coefficient (Wildman–Crippen LogP) is 3.43. The molecule has 3 aromatic rings. The van der Waals surface area contributed by atoms with Crippen LogP contribution in [0.5, 0.6) is 0 Å². The van der Waals surface area contributed by atoms with E-state index in [1.165, 1.54) is 12.1 Å². The van der Waals surface area contributed by atoms with E-state index in [1.807, 2.05) is 0 Å². The van der Waals surface area contributed by atoms with Crippen LogP contribution < -0.4 is 10.6 Å². The maximum absolute atomic E-state index is 14.1. The summed E-state index contributed by atoms with van der Waals surface area (Å²) < 4.78 is 72.2. The largest absolute Gasteiger partial charge is 0.417 e. The molecule has 2 aromatic heterocycles. The molecule has 1 aliphatic heterocycles. The third kappa shape index (κ3) is 7.44. The Hall–Kier alpha value is -4.20. The first-order valence-corrected chi connectivity index (χ1v) is 11.8. The van der Waals surface area contributed by atoms with E-state index in [0.29, 0.717) is 38.6 Å². The molecule has 0 atom stereocenters. The lowest BCUT2D eigenvalue weighted by molar-refractivity contribution is -0.138. The molecule has 0 bridgehead atoms. The summed E-state index contributed by atoms with van der Waals surface area (Å²) in [6, 6.07) is 5.00. The van der Waals surface area contributed by atoms with Gasteiger partial charge in [-0.15, -0.1) is 0 Å². The van der Waals surface area contributed by atoms with E-state index in [-0.39, 0.29) is 53.9 Å². The Morgan fingerprint density at radius 1 is 1.03 bits per heavy atom.